The molecule has 5 heteroatoms. The lowest BCUT2D eigenvalue weighted by Gasteiger charge is -1.98. The van der Waals surface area contributed by atoms with Gasteiger partial charge in [0, 0.05) is 6.20 Å². The molecule has 12 heavy (non-hydrogen) atoms. The van der Waals surface area contributed by atoms with Crippen LogP contribution in [0, 0.1) is 0 Å². The smallest absolute Gasteiger partial charge is 0.139 e. The summed E-state index contributed by atoms with van der Waals surface area (Å²) in [4.78, 5) is 4.08. The maximum Gasteiger partial charge on any atom is 0.139 e. The van der Waals surface area contributed by atoms with E-state index in [1.54, 1.807) is 35.6 Å². The molecule has 0 aliphatic rings. The molecule has 0 fully saturated rings. The van der Waals surface area contributed by atoms with Crippen LogP contribution in [-0.4, -0.2) is 27.6 Å². The fourth-order valence-corrected chi connectivity index (χ4v) is 0.869. The third-order valence-electron chi connectivity index (χ3n) is 1.45. The first-order valence-electron chi connectivity index (χ1n) is 3.43. The summed E-state index contributed by atoms with van der Waals surface area (Å²) in [6.45, 7) is 0. The summed E-state index contributed by atoms with van der Waals surface area (Å²) in [5, 5.41) is 7.33. The van der Waals surface area contributed by atoms with Gasteiger partial charge in [-0.15, -0.1) is 10.2 Å². The molecular formula is C7H5BN4. The van der Waals surface area contributed by atoms with Gasteiger partial charge in [0.05, 0.1) is 0 Å². The Balaban J connectivity index is 2.43. The van der Waals surface area contributed by atoms with Crippen LogP contribution in [-0.2, 0) is 0 Å². The van der Waals surface area contributed by atoms with Gasteiger partial charge in [0.25, 0.3) is 0 Å². The highest BCUT2D eigenvalue weighted by molar-refractivity contribution is 6.32. The Morgan fingerprint density at radius 2 is 1.92 bits per heavy atom. The van der Waals surface area contributed by atoms with E-state index in [4.69, 9.17) is 7.85 Å². The first-order valence-corrected chi connectivity index (χ1v) is 3.43. The molecule has 0 atom stereocenters. The van der Waals surface area contributed by atoms with E-state index in [1.165, 1.54) is 0 Å². The Bertz CT molecular complexity index is 353. The molecule has 0 spiro atoms. The van der Waals surface area contributed by atoms with Crippen molar-refractivity contribution in [1.82, 2.24) is 19.7 Å². The van der Waals surface area contributed by atoms with Crippen molar-refractivity contribution in [3.8, 4) is 5.82 Å². The van der Waals surface area contributed by atoms with Crippen molar-refractivity contribution in [3.63, 3.8) is 0 Å². The van der Waals surface area contributed by atoms with Gasteiger partial charge in [0.1, 0.15) is 26.3 Å². The highest BCUT2D eigenvalue weighted by Crippen LogP contribution is 1.97. The first kappa shape index (κ1) is 7.03. The summed E-state index contributed by atoms with van der Waals surface area (Å²) in [7, 11) is 5.48. The molecule has 0 aliphatic heterocycles. The second-order valence-electron chi connectivity index (χ2n) is 2.32. The molecular weight excluding hydrogens is 151 g/mol. The summed E-state index contributed by atoms with van der Waals surface area (Å²) in [5.74, 6) is 0.759. The molecule has 0 bridgehead atoms. The molecule has 2 aromatic heterocycles. The van der Waals surface area contributed by atoms with Crippen LogP contribution >= 0.6 is 0 Å². The molecule has 2 aromatic rings. The minimum atomic E-state index is 0.645. The third-order valence-corrected chi connectivity index (χ3v) is 1.45. The molecule has 0 aromatic carbocycles. The monoisotopic (exact) mass is 156 g/mol. The molecule has 0 unspecified atom stereocenters. The molecule has 2 radical (unpaired) electrons. The standard InChI is InChI=1S/C7H5BN4/c8-6-1-2-7(9-3-6)12-4-10-11-5-12/h1-5H. The Labute approximate surface area is 70.7 Å². The molecule has 0 saturated heterocycles. The summed E-state index contributed by atoms with van der Waals surface area (Å²) in [6.07, 6.45) is 4.76. The van der Waals surface area contributed by atoms with Gasteiger partial charge in [-0.25, -0.2) is 4.98 Å². The number of hydrogen-bond acceptors (Lipinski definition) is 3. The maximum atomic E-state index is 5.48. The zero-order valence-corrected chi connectivity index (χ0v) is 6.25. The van der Waals surface area contributed by atoms with Crippen LogP contribution in [0.3, 0.4) is 0 Å². The van der Waals surface area contributed by atoms with E-state index in [9.17, 15) is 0 Å². The lowest BCUT2D eigenvalue weighted by Crippen LogP contribution is -2.04. The average molecular weight is 156 g/mol. The van der Waals surface area contributed by atoms with Crippen LogP contribution < -0.4 is 5.46 Å². The zero-order chi connectivity index (χ0) is 8.39. The van der Waals surface area contributed by atoms with E-state index in [1.807, 2.05) is 0 Å². The number of aromatic nitrogens is 4. The lowest BCUT2D eigenvalue weighted by molar-refractivity contribution is 0.993. The lowest BCUT2D eigenvalue weighted by atomic mass is 9.99. The summed E-state index contributed by atoms with van der Waals surface area (Å²) >= 11 is 0. The molecule has 0 aliphatic carbocycles. The molecule has 0 amide bonds. The van der Waals surface area contributed by atoms with Crippen molar-refractivity contribution in [2.75, 3.05) is 0 Å². The Morgan fingerprint density at radius 3 is 2.50 bits per heavy atom. The summed E-state index contributed by atoms with van der Waals surface area (Å²) in [5.41, 5.74) is 0.645. The van der Waals surface area contributed by atoms with Crippen LogP contribution in [0.25, 0.3) is 5.82 Å². The van der Waals surface area contributed by atoms with Gasteiger partial charge >= 0.3 is 0 Å². The van der Waals surface area contributed by atoms with Gasteiger partial charge in [0.2, 0.25) is 0 Å². The SMILES string of the molecule is [B]c1ccc(-n2cnnc2)nc1. The van der Waals surface area contributed by atoms with Crippen molar-refractivity contribution >= 4 is 13.3 Å². The van der Waals surface area contributed by atoms with Crippen molar-refractivity contribution in [2.24, 2.45) is 0 Å². The second-order valence-corrected chi connectivity index (χ2v) is 2.32. The van der Waals surface area contributed by atoms with Crippen molar-refractivity contribution in [1.29, 1.82) is 0 Å². The third kappa shape index (κ3) is 1.21. The van der Waals surface area contributed by atoms with Gasteiger partial charge in [-0.1, -0.05) is 11.5 Å². The van der Waals surface area contributed by atoms with Gasteiger partial charge in [-0.3, -0.25) is 4.57 Å². The summed E-state index contributed by atoms with van der Waals surface area (Å²) < 4.78 is 1.71. The number of rotatable bonds is 1. The average Bonchev–Trinajstić information content (AvgIpc) is 2.58. The van der Waals surface area contributed by atoms with Crippen molar-refractivity contribution in [3.05, 3.63) is 31.0 Å². The largest absolute Gasteiger partial charge is 0.272 e. The van der Waals surface area contributed by atoms with Crippen molar-refractivity contribution in [2.45, 2.75) is 0 Å². The summed E-state index contributed by atoms with van der Waals surface area (Å²) in [6, 6.07) is 3.58. The highest BCUT2D eigenvalue weighted by atomic mass is 15.2. The van der Waals surface area contributed by atoms with Gasteiger partial charge in [-0.2, -0.15) is 0 Å². The van der Waals surface area contributed by atoms with Crippen LogP contribution in [0.1, 0.15) is 0 Å². The van der Waals surface area contributed by atoms with Crippen LogP contribution in [0.5, 0.6) is 0 Å². The van der Waals surface area contributed by atoms with E-state index in [0.717, 1.165) is 5.82 Å². The predicted molar refractivity (Wildman–Crippen MR) is 44.5 cm³/mol. The van der Waals surface area contributed by atoms with E-state index in [2.05, 4.69) is 15.2 Å². The Hall–Kier alpha value is -1.65. The molecule has 0 saturated carbocycles. The van der Waals surface area contributed by atoms with Gasteiger partial charge in [-0.05, 0) is 6.07 Å². The fraction of sp³-hybridized carbons (Fsp3) is 0. The number of nitrogens with zero attached hydrogens (tertiary/aromatic N) is 4. The van der Waals surface area contributed by atoms with Crippen LogP contribution in [0.2, 0.25) is 0 Å². The second kappa shape index (κ2) is 2.77. The molecule has 2 rings (SSSR count). The van der Waals surface area contributed by atoms with Crippen molar-refractivity contribution < 1.29 is 0 Å². The van der Waals surface area contributed by atoms with Crippen LogP contribution in [0.15, 0.2) is 31.0 Å². The topological polar surface area (TPSA) is 43.6 Å². The zero-order valence-electron chi connectivity index (χ0n) is 6.25. The quantitative estimate of drug-likeness (QED) is 0.520. The number of hydrogen-bond donors (Lipinski definition) is 0. The van der Waals surface area contributed by atoms with Gasteiger partial charge in [0.15, 0.2) is 0 Å². The Kier molecular flexibility index (Phi) is 1.62. The molecule has 56 valence electrons. The predicted octanol–water partition coefficient (Wildman–Crippen LogP) is -0.544. The van der Waals surface area contributed by atoms with Gasteiger partial charge < -0.3 is 0 Å². The first-order chi connectivity index (χ1) is 5.86. The number of pyridine rings is 1. The van der Waals surface area contributed by atoms with E-state index < -0.39 is 0 Å². The highest BCUT2D eigenvalue weighted by Gasteiger charge is 1.94. The van der Waals surface area contributed by atoms with E-state index in [0.29, 0.717) is 5.46 Å². The molecule has 2 heterocycles. The van der Waals surface area contributed by atoms with E-state index >= 15 is 0 Å². The molecule has 4 nitrogen and oxygen atoms in total. The fourth-order valence-electron chi connectivity index (χ4n) is 0.869. The molecule has 0 N–H and O–H groups in total. The minimum Gasteiger partial charge on any atom is -0.272 e. The van der Waals surface area contributed by atoms with Crippen LogP contribution in [0.4, 0.5) is 0 Å². The van der Waals surface area contributed by atoms with E-state index in [-0.39, 0.29) is 0 Å². The maximum absolute atomic E-state index is 5.48. The Morgan fingerprint density at radius 1 is 1.17 bits per heavy atom. The minimum absolute atomic E-state index is 0.645. The normalized spacial score (nSPS) is 10.0.